The minimum Gasteiger partial charge on any atom is -0.359 e. The smallest absolute Gasteiger partial charge is 0.191 e. The third-order valence-corrected chi connectivity index (χ3v) is 2.76. The Balaban J connectivity index is 0.00000144. The van der Waals surface area contributed by atoms with Crippen LogP contribution in [0.3, 0.4) is 0 Å². The summed E-state index contributed by atoms with van der Waals surface area (Å²) in [5.41, 5.74) is 0.899. The van der Waals surface area contributed by atoms with Crippen molar-refractivity contribution in [2.45, 2.75) is 32.9 Å². The second-order valence-electron chi connectivity index (χ2n) is 4.32. The molecule has 0 aromatic carbocycles. The molecule has 1 fully saturated rings. The number of aryl methyl sites for hydroxylation is 1. The Kier molecular flexibility index (Phi) is 5.23. The summed E-state index contributed by atoms with van der Waals surface area (Å²) in [6.45, 7) is 4.75. The molecule has 1 saturated carbocycles. The molecular formula is C11H19IN4O. The van der Waals surface area contributed by atoms with Crippen molar-refractivity contribution < 1.29 is 4.52 Å². The summed E-state index contributed by atoms with van der Waals surface area (Å²) in [4.78, 5) is 4.16. The van der Waals surface area contributed by atoms with Crippen LogP contribution < -0.4 is 10.6 Å². The Morgan fingerprint density at radius 3 is 2.82 bits per heavy atom. The van der Waals surface area contributed by atoms with Crippen LogP contribution in [0.25, 0.3) is 0 Å². The van der Waals surface area contributed by atoms with Crippen LogP contribution in [-0.2, 0) is 6.54 Å². The van der Waals surface area contributed by atoms with Gasteiger partial charge in [-0.05, 0) is 19.3 Å². The van der Waals surface area contributed by atoms with E-state index in [1.54, 1.807) is 7.05 Å². The monoisotopic (exact) mass is 350 g/mol. The zero-order valence-electron chi connectivity index (χ0n) is 10.4. The number of hydrogen-bond donors (Lipinski definition) is 2. The molecule has 6 heteroatoms. The van der Waals surface area contributed by atoms with E-state index in [1.807, 2.05) is 13.0 Å². The van der Waals surface area contributed by atoms with Gasteiger partial charge in [0.15, 0.2) is 11.7 Å². The maximum atomic E-state index is 5.11. The lowest BCUT2D eigenvalue weighted by Gasteiger charge is -2.09. The highest BCUT2D eigenvalue weighted by Crippen LogP contribution is 2.28. The number of rotatable bonds is 3. The molecule has 0 saturated heterocycles. The largest absolute Gasteiger partial charge is 0.359 e. The lowest BCUT2D eigenvalue weighted by molar-refractivity contribution is 0.376. The fraction of sp³-hybridized carbons (Fsp3) is 0.636. The van der Waals surface area contributed by atoms with Gasteiger partial charge in [-0.15, -0.1) is 24.0 Å². The highest BCUT2D eigenvalue weighted by Gasteiger charge is 2.33. The third kappa shape index (κ3) is 4.18. The summed E-state index contributed by atoms with van der Waals surface area (Å²) in [7, 11) is 1.77. The average Bonchev–Trinajstić information content (AvgIpc) is 2.78. The first-order chi connectivity index (χ1) is 7.69. The third-order valence-electron chi connectivity index (χ3n) is 2.76. The van der Waals surface area contributed by atoms with Crippen LogP contribution in [-0.4, -0.2) is 24.2 Å². The van der Waals surface area contributed by atoms with E-state index in [1.165, 1.54) is 6.42 Å². The molecule has 5 nitrogen and oxygen atoms in total. The molecule has 2 unspecified atom stereocenters. The van der Waals surface area contributed by atoms with Gasteiger partial charge in [0.1, 0.15) is 0 Å². The Hall–Kier alpha value is -0.790. The van der Waals surface area contributed by atoms with Crippen LogP contribution in [0.1, 0.15) is 24.8 Å². The van der Waals surface area contributed by atoms with Gasteiger partial charge in [-0.3, -0.25) is 4.99 Å². The van der Waals surface area contributed by atoms with Gasteiger partial charge in [0.05, 0.1) is 12.2 Å². The van der Waals surface area contributed by atoms with Crippen molar-refractivity contribution in [3.63, 3.8) is 0 Å². The van der Waals surface area contributed by atoms with Gasteiger partial charge >= 0.3 is 0 Å². The standard InChI is InChI=1S/C11H18N4O.HI/c1-7-4-10(7)14-11(12-3)13-6-9-5-8(2)15-16-9;/h5,7,10H,4,6H2,1-3H3,(H2,12,13,14);1H. The minimum absolute atomic E-state index is 0. The van der Waals surface area contributed by atoms with Gasteiger partial charge in [-0.1, -0.05) is 12.1 Å². The van der Waals surface area contributed by atoms with Gasteiger partial charge in [0, 0.05) is 19.2 Å². The number of aromatic nitrogens is 1. The quantitative estimate of drug-likeness (QED) is 0.495. The average molecular weight is 350 g/mol. The topological polar surface area (TPSA) is 62.5 Å². The normalized spacial score (nSPS) is 22.9. The van der Waals surface area contributed by atoms with Gasteiger partial charge in [0.2, 0.25) is 0 Å². The number of aliphatic imine (C=N–C) groups is 1. The van der Waals surface area contributed by atoms with E-state index in [9.17, 15) is 0 Å². The minimum atomic E-state index is 0. The molecule has 0 amide bonds. The van der Waals surface area contributed by atoms with E-state index in [-0.39, 0.29) is 24.0 Å². The Labute approximate surface area is 118 Å². The molecule has 1 heterocycles. The number of halogens is 1. The van der Waals surface area contributed by atoms with Crippen molar-refractivity contribution in [3.8, 4) is 0 Å². The van der Waals surface area contributed by atoms with E-state index in [0.717, 1.165) is 23.3 Å². The molecule has 1 aliphatic carbocycles. The summed E-state index contributed by atoms with van der Waals surface area (Å²) >= 11 is 0. The first-order valence-corrected chi connectivity index (χ1v) is 5.58. The molecule has 2 atom stereocenters. The molecular weight excluding hydrogens is 331 g/mol. The summed E-state index contributed by atoms with van der Waals surface area (Å²) < 4.78 is 5.11. The molecule has 1 aliphatic rings. The zero-order valence-corrected chi connectivity index (χ0v) is 12.7. The number of hydrogen-bond acceptors (Lipinski definition) is 3. The maximum Gasteiger partial charge on any atom is 0.191 e. The number of nitrogens with one attached hydrogen (secondary N) is 2. The summed E-state index contributed by atoms with van der Waals surface area (Å²) in [6, 6.07) is 2.49. The van der Waals surface area contributed by atoms with Crippen LogP contribution in [0, 0.1) is 12.8 Å². The summed E-state index contributed by atoms with van der Waals surface area (Å²) in [5.74, 6) is 2.40. The van der Waals surface area contributed by atoms with Crippen LogP contribution in [0.5, 0.6) is 0 Å². The van der Waals surface area contributed by atoms with Crippen molar-refractivity contribution >= 4 is 29.9 Å². The lowest BCUT2D eigenvalue weighted by atomic mass is 10.4. The van der Waals surface area contributed by atoms with Crippen molar-refractivity contribution in [2.75, 3.05) is 7.05 Å². The van der Waals surface area contributed by atoms with Crippen molar-refractivity contribution in [3.05, 3.63) is 17.5 Å². The Bertz CT molecular complexity index is 391. The van der Waals surface area contributed by atoms with Gasteiger partial charge in [-0.25, -0.2) is 0 Å². The van der Waals surface area contributed by atoms with Gasteiger partial charge < -0.3 is 15.2 Å². The second-order valence-corrected chi connectivity index (χ2v) is 4.32. The van der Waals surface area contributed by atoms with Crippen LogP contribution in [0.4, 0.5) is 0 Å². The second kappa shape index (κ2) is 6.23. The first kappa shape index (κ1) is 14.3. The molecule has 96 valence electrons. The Morgan fingerprint density at radius 2 is 2.35 bits per heavy atom. The van der Waals surface area contributed by atoms with Crippen LogP contribution >= 0.6 is 24.0 Å². The predicted molar refractivity (Wildman–Crippen MR) is 77.6 cm³/mol. The highest BCUT2D eigenvalue weighted by molar-refractivity contribution is 14.0. The van der Waals surface area contributed by atoms with Crippen molar-refractivity contribution in [1.82, 2.24) is 15.8 Å². The van der Waals surface area contributed by atoms with Gasteiger partial charge in [0.25, 0.3) is 0 Å². The van der Waals surface area contributed by atoms with E-state index < -0.39 is 0 Å². The van der Waals surface area contributed by atoms with E-state index >= 15 is 0 Å². The van der Waals surface area contributed by atoms with Crippen LogP contribution in [0.15, 0.2) is 15.6 Å². The van der Waals surface area contributed by atoms with E-state index in [4.69, 9.17) is 4.52 Å². The van der Waals surface area contributed by atoms with E-state index in [0.29, 0.717) is 12.6 Å². The lowest BCUT2D eigenvalue weighted by Crippen LogP contribution is -2.38. The molecule has 0 aliphatic heterocycles. The van der Waals surface area contributed by atoms with Gasteiger partial charge in [-0.2, -0.15) is 0 Å². The molecule has 17 heavy (non-hydrogen) atoms. The molecule has 0 spiro atoms. The maximum absolute atomic E-state index is 5.11. The first-order valence-electron chi connectivity index (χ1n) is 5.58. The number of nitrogens with zero attached hydrogens (tertiary/aromatic N) is 2. The van der Waals surface area contributed by atoms with Crippen molar-refractivity contribution in [2.24, 2.45) is 10.9 Å². The SMILES string of the molecule is CN=C(NCc1cc(C)no1)NC1CC1C.I. The fourth-order valence-electron chi connectivity index (χ4n) is 1.56. The molecule has 1 aromatic heterocycles. The fourth-order valence-corrected chi connectivity index (χ4v) is 1.56. The van der Waals surface area contributed by atoms with E-state index in [2.05, 4.69) is 27.7 Å². The summed E-state index contributed by atoms with van der Waals surface area (Å²) in [5, 5.41) is 10.4. The zero-order chi connectivity index (χ0) is 11.5. The molecule has 1 aromatic rings. The number of guanidine groups is 1. The molecule has 0 bridgehead atoms. The van der Waals surface area contributed by atoms with Crippen molar-refractivity contribution in [1.29, 1.82) is 0 Å². The molecule has 0 radical (unpaired) electrons. The Morgan fingerprint density at radius 1 is 1.65 bits per heavy atom. The molecule has 2 N–H and O–H groups in total. The van der Waals surface area contributed by atoms with Crippen LogP contribution in [0.2, 0.25) is 0 Å². The summed E-state index contributed by atoms with van der Waals surface area (Å²) in [6.07, 6.45) is 1.22. The highest BCUT2D eigenvalue weighted by atomic mass is 127. The predicted octanol–water partition coefficient (Wildman–Crippen LogP) is 1.67. The molecule has 2 rings (SSSR count).